The zero-order chi connectivity index (χ0) is 18.0. The lowest BCUT2D eigenvalue weighted by Crippen LogP contribution is -2.05. The highest BCUT2D eigenvalue weighted by molar-refractivity contribution is 9.10. The van der Waals surface area contributed by atoms with E-state index in [1.54, 1.807) is 26.0 Å². The molecule has 0 N–H and O–H groups in total. The van der Waals surface area contributed by atoms with Gasteiger partial charge in [0.1, 0.15) is 29.3 Å². The van der Waals surface area contributed by atoms with E-state index in [0.29, 0.717) is 41.3 Å². The highest BCUT2D eigenvalue weighted by Crippen LogP contribution is 2.36. The van der Waals surface area contributed by atoms with Crippen molar-refractivity contribution in [3.05, 3.63) is 62.2 Å². The molecule has 0 spiro atoms. The maximum Gasteiger partial charge on any atom is 0.342 e. The molecule has 0 fully saturated rings. The van der Waals surface area contributed by atoms with Crippen LogP contribution in [0.3, 0.4) is 0 Å². The Labute approximate surface area is 162 Å². The molecule has 3 aromatic rings. The predicted octanol–water partition coefficient (Wildman–Crippen LogP) is 6.02. The maximum absolute atomic E-state index is 12.2. The van der Waals surface area contributed by atoms with Crippen LogP contribution in [-0.2, 0) is 11.3 Å². The monoisotopic (exact) mass is 466 g/mol. The zero-order valence-electron chi connectivity index (χ0n) is 13.8. The fourth-order valence-corrected chi connectivity index (χ4v) is 3.40. The molecule has 3 rings (SSSR count). The molecule has 6 heteroatoms. The van der Waals surface area contributed by atoms with Gasteiger partial charge in [-0.1, -0.05) is 34.1 Å². The smallest absolute Gasteiger partial charge is 0.342 e. The van der Waals surface area contributed by atoms with Gasteiger partial charge in [-0.05, 0) is 48.0 Å². The molecule has 0 aliphatic heterocycles. The van der Waals surface area contributed by atoms with Crippen molar-refractivity contribution in [3.63, 3.8) is 0 Å². The van der Waals surface area contributed by atoms with Gasteiger partial charge in [0.05, 0.1) is 11.1 Å². The van der Waals surface area contributed by atoms with E-state index in [2.05, 4.69) is 31.9 Å². The summed E-state index contributed by atoms with van der Waals surface area (Å²) in [5, 5.41) is 0.682. The fraction of sp³-hybridized carbons (Fsp3) is 0.211. The molecule has 0 atom stereocenters. The SMILES string of the molecule is CCOC(=O)c1c(C)oc2cc(Br)c(OCc3ccccc3Br)cc12. The van der Waals surface area contributed by atoms with Gasteiger partial charge in [0.2, 0.25) is 0 Å². The van der Waals surface area contributed by atoms with E-state index in [9.17, 15) is 4.79 Å². The Hall–Kier alpha value is -1.79. The van der Waals surface area contributed by atoms with Crippen LogP contribution in [0.25, 0.3) is 11.0 Å². The lowest BCUT2D eigenvalue weighted by atomic mass is 10.1. The number of hydrogen-bond acceptors (Lipinski definition) is 4. The second kappa shape index (κ2) is 7.62. The number of hydrogen-bond donors (Lipinski definition) is 0. The summed E-state index contributed by atoms with van der Waals surface area (Å²) in [7, 11) is 0. The number of carbonyl (C=O) groups excluding carboxylic acids is 1. The third-order valence-corrected chi connectivity index (χ3v) is 5.13. The van der Waals surface area contributed by atoms with E-state index in [4.69, 9.17) is 13.9 Å². The van der Waals surface area contributed by atoms with Crippen LogP contribution in [0.5, 0.6) is 5.75 Å². The molecule has 0 unspecified atom stereocenters. The molecule has 1 heterocycles. The Balaban J connectivity index is 1.96. The normalized spacial score (nSPS) is 10.9. The number of esters is 1. The maximum atomic E-state index is 12.2. The Morgan fingerprint density at radius 1 is 1.16 bits per heavy atom. The number of aryl methyl sites for hydroxylation is 1. The molecule has 130 valence electrons. The summed E-state index contributed by atoms with van der Waals surface area (Å²) in [6.07, 6.45) is 0. The van der Waals surface area contributed by atoms with E-state index < -0.39 is 5.97 Å². The second-order valence-electron chi connectivity index (χ2n) is 5.41. The zero-order valence-corrected chi connectivity index (χ0v) is 16.9. The molecule has 0 aliphatic carbocycles. The summed E-state index contributed by atoms with van der Waals surface area (Å²) in [5.74, 6) is 0.774. The summed E-state index contributed by atoms with van der Waals surface area (Å²) in [6.45, 7) is 4.24. The van der Waals surface area contributed by atoms with Crippen LogP contribution in [0.2, 0.25) is 0 Å². The number of furan rings is 1. The number of fused-ring (bicyclic) bond motifs is 1. The number of halogens is 2. The second-order valence-corrected chi connectivity index (χ2v) is 7.12. The average molecular weight is 468 g/mol. The van der Waals surface area contributed by atoms with Crippen LogP contribution >= 0.6 is 31.9 Å². The quantitative estimate of drug-likeness (QED) is 0.430. The molecule has 25 heavy (non-hydrogen) atoms. The van der Waals surface area contributed by atoms with Gasteiger partial charge in [-0.2, -0.15) is 0 Å². The lowest BCUT2D eigenvalue weighted by molar-refractivity contribution is 0.0526. The highest BCUT2D eigenvalue weighted by atomic mass is 79.9. The van der Waals surface area contributed by atoms with E-state index in [0.717, 1.165) is 14.5 Å². The van der Waals surface area contributed by atoms with E-state index in [-0.39, 0.29) is 0 Å². The molecule has 2 aromatic carbocycles. The van der Waals surface area contributed by atoms with Gasteiger partial charge in [-0.3, -0.25) is 0 Å². The Morgan fingerprint density at radius 2 is 1.92 bits per heavy atom. The third-order valence-electron chi connectivity index (χ3n) is 3.74. The molecule has 0 saturated heterocycles. The summed E-state index contributed by atoms with van der Waals surface area (Å²) < 4.78 is 18.5. The number of benzene rings is 2. The molecule has 0 saturated carbocycles. The predicted molar refractivity (Wildman–Crippen MR) is 103 cm³/mol. The average Bonchev–Trinajstić information content (AvgIpc) is 2.89. The van der Waals surface area contributed by atoms with Gasteiger partial charge < -0.3 is 13.9 Å². The minimum atomic E-state index is -0.391. The first-order valence-corrected chi connectivity index (χ1v) is 9.35. The third kappa shape index (κ3) is 3.75. The molecule has 0 aliphatic rings. The van der Waals surface area contributed by atoms with Gasteiger partial charge >= 0.3 is 5.97 Å². The summed E-state index contributed by atoms with van der Waals surface area (Å²) in [6, 6.07) is 11.5. The van der Waals surface area contributed by atoms with Crippen molar-refractivity contribution < 1.29 is 18.7 Å². The standard InChI is InChI=1S/C19H16Br2O4/c1-3-23-19(22)18-11(2)25-16-9-15(21)17(8-13(16)18)24-10-12-6-4-5-7-14(12)20/h4-9H,3,10H2,1-2H3. The molecule has 4 nitrogen and oxygen atoms in total. The Morgan fingerprint density at radius 3 is 2.64 bits per heavy atom. The lowest BCUT2D eigenvalue weighted by Gasteiger charge is -2.10. The van der Waals surface area contributed by atoms with E-state index >= 15 is 0 Å². The molecule has 1 aromatic heterocycles. The van der Waals surface area contributed by atoms with Gasteiger partial charge in [-0.25, -0.2) is 4.79 Å². The minimum Gasteiger partial charge on any atom is -0.488 e. The molecular weight excluding hydrogens is 452 g/mol. The van der Waals surface area contributed by atoms with Crippen molar-refractivity contribution in [3.8, 4) is 5.75 Å². The van der Waals surface area contributed by atoms with Crippen molar-refractivity contribution in [2.24, 2.45) is 0 Å². The van der Waals surface area contributed by atoms with E-state index in [1.807, 2.05) is 24.3 Å². The van der Waals surface area contributed by atoms with Gasteiger partial charge in [0.25, 0.3) is 0 Å². The molecule has 0 bridgehead atoms. The largest absolute Gasteiger partial charge is 0.488 e. The van der Waals surface area contributed by atoms with Crippen LogP contribution in [-0.4, -0.2) is 12.6 Å². The van der Waals surface area contributed by atoms with Crippen LogP contribution in [0.4, 0.5) is 0 Å². The first-order chi connectivity index (χ1) is 12.0. The first kappa shape index (κ1) is 18.0. The van der Waals surface area contributed by atoms with Crippen LogP contribution in [0.1, 0.15) is 28.6 Å². The van der Waals surface area contributed by atoms with Crippen LogP contribution < -0.4 is 4.74 Å². The van der Waals surface area contributed by atoms with Crippen LogP contribution in [0, 0.1) is 6.92 Å². The van der Waals surface area contributed by atoms with Crippen molar-refractivity contribution in [1.82, 2.24) is 0 Å². The van der Waals surface area contributed by atoms with Gasteiger partial charge in [0.15, 0.2) is 0 Å². The highest BCUT2D eigenvalue weighted by Gasteiger charge is 2.21. The fourth-order valence-electron chi connectivity index (χ4n) is 2.56. The molecule has 0 radical (unpaired) electrons. The number of carbonyl (C=O) groups is 1. The minimum absolute atomic E-state index is 0.312. The Kier molecular flexibility index (Phi) is 5.49. The van der Waals surface area contributed by atoms with Gasteiger partial charge in [-0.15, -0.1) is 0 Å². The summed E-state index contributed by atoms with van der Waals surface area (Å²) in [5.41, 5.74) is 2.08. The summed E-state index contributed by atoms with van der Waals surface area (Å²) >= 11 is 7.01. The van der Waals surface area contributed by atoms with Crippen molar-refractivity contribution >= 4 is 48.8 Å². The number of rotatable bonds is 5. The topological polar surface area (TPSA) is 48.7 Å². The van der Waals surface area contributed by atoms with Gasteiger partial charge in [0, 0.05) is 15.4 Å². The van der Waals surface area contributed by atoms with E-state index in [1.165, 1.54) is 0 Å². The number of ether oxygens (including phenoxy) is 2. The van der Waals surface area contributed by atoms with Crippen molar-refractivity contribution in [2.75, 3.05) is 6.61 Å². The van der Waals surface area contributed by atoms with Crippen LogP contribution in [0.15, 0.2) is 49.8 Å². The Bertz CT molecular complexity index is 931. The van der Waals surface area contributed by atoms with Crippen molar-refractivity contribution in [1.29, 1.82) is 0 Å². The first-order valence-electron chi connectivity index (χ1n) is 7.77. The molecule has 0 amide bonds. The molecular formula is C19H16Br2O4. The summed E-state index contributed by atoms with van der Waals surface area (Å²) in [4.78, 5) is 12.2. The van der Waals surface area contributed by atoms with Crippen molar-refractivity contribution in [2.45, 2.75) is 20.5 Å².